The van der Waals surface area contributed by atoms with Gasteiger partial charge in [-0.2, -0.15) is 4.52 Å². The predicted molar refractivity (Wildman–Crippen MR) is 92.9 cm³/mol. The van der Waals surface area contributed by atoms with E-state index in [1.807, 2.05) is 0 Å². The smallest absolute Gasteiger partial charge is 0.230 e. The largest absolute Gasteiger partial charge is 0.492 e. The fourth-order valence-electron chi connectivity index (χ4n) is 3.10. The van der Waals surface area contributed by atoms with Crippen molar-refractivity contribution in [3.63, 3.8) is 0 Å². The molecule has 1 unspecified atom stereocenters. The number of aryl methyl sites for hydroxylation is 1. The van der Waals surface area contributed by atoms with E-state index < -0.39 is 11.9 Å². The number of ether oxygens (including phenoxy) is 1. The summed E-state index contributed by atoms with van der Waals surface area (Å²) in [6.45, 7) is 4.12. The average molecular weight is 383 g/mol. The van der Waals surface area contributed by atoms with E-state index in [9.17, 15) is 9.50 Å². The lowest BCUT2D eigenvalue weighted by Crippen LogP contribution is -2.39. The summed E-state index contributed by atoms with van der Waals surface area (Å²) < 4.78 is 21.6. The van der Waals surface area contributed by atoms with Crippen molar-refractivity contribution < 1.29 is 14.2 Å². The van der Waals surface area contributed by atoms with Gasteiger partial charge in [-0.05, 0) is 13.0 Å². The molecule has 1 aliphatic heterocycles. The molecule has 0 spiro atoms. The van der Waals surface area contributed by atoms with E-state index in [-0.39, 0.29) is 10.9 Å². The molecule has 4 rings (SSSR count). The molecule has 6 nitrogen and oxygen atoms in total. The summed E-state index contributed by atoms with van der Waals surface area (Å²) in [6.07, 6.45) is 0. The van der Waals surface area contributed by atoms with Gasteiger partial charge in [0.05, 0.1) is 29.2 Å². The number of morpholine rings is 1. The van der Waals surface area contributed by atoms with Gasteiger partial charge in [0.1, 0.15) is 11.6 Å². The molecule has 1 aromatic carbocycles. The lowest BCUT2D eigenvalue weighted by molar-refractivity contribution is 0.0235. The first-order valence-electron chi connectivity index (χ1n) is 7.87. The van der Waals surface area contributed by atoms with Crippen LogP contribution in [0, 0.1) is 12.7 Å². The summed E-state index contributed by atoms with van der Waals surface area (Å²) >= 11 is 7.30. The minimum atomic E-state index is -0.477. The molecule has 1 aliphatic rings. The Hall–Kier alpha value is -1.74. The number of nitrogens with zero attached hydrogens (tertiary/aromatic N) is 4. The third kappa shape index (κ3) is 2.89. The number of rotatable bonds is 3. The maximum Gasteiger partial charge on any atom is 0.230 e. The standard InChI is InChI=1S/C16H16ClFN4O2S/c1-9-19-16-22(20-9)15(23)14(25-16)13(21-5-7-24-8-6-21)10-3-2-4-11(17)12(10)18/h2-4,13,23H,5-8H2,1H3. The van der Waals surface area contributed by atoms with Crippen molar-refractivity contribution in [2.24, 2.45) is 0 Å². The molecule has 3 aromatic rings. The van der Waals surface area contributed by atoms with Gasteiger partial charge in [0.15, 0.2) is 0 Å². The zero-order valence-corrected chi connectivity index (χ0v) is 15.0. The van der Waals surface area contributed by atoms with E-state index in [2.05, 4.69) is 15.0 Å². The number of aromatic hydroxyl groups is 1. The molecular formula is C16H16ClFN4O2S. The summed E-state index contributed by atoms with van der Waals surface area (Å²) in [6, 6.07) is 4.45. The summed E-state index contributed by atoms with van der Waals surface area (Å²) in [4.78, 5) is 7.55. The van der Waals surface area contributed by atoms with E-state index in [1.54, 1.807) is 19.1 Å². The van der Waals surface area contributed by atoms with Gasteiger partial charge in [-0.25, -0.2) is 9.37 Å². The Labute approximate surface area is 152 Å². The van der Waals surface area contributed by atoms with Crippen LogP contribution < -0.4 is 0 Å². The van der Waals surface area contributed by atoms with Gasteiger partial charge >= 0.3 is 0 Å². The van der Waals surface area contributed by atoms with Crippen LogP contribution in [0.2, 0.25) is 5.02 Å². The van der Waals surface area contributed by atoms with Crippen molar-refractivity contribution >= 4 is 27.9 Å². The van der Waals surface area contributed by atoms with Gasteiger partial charge < -0.3 is 9.84 Å². The van der Waals surface area contributed by atoms with E-state index in [0.29, 0.717) is 47.5 Å². The predicted octanol–water partition coefficient (Wildman–Crippen LogP) is 3.02. The van der Waals surface area contributed by atoms with Gasteiger partial charge in [-0.15, -0.1) is 5.10 Å². The Morgan fingerprint density at radius 3 is 2.84 bits per heavy atom. The van der Waals surface area contributed by atoms with Crippen LogP contribution in [0.4, 0.5) is 4.39 Å². The Morgan fingerprint density at radius 1 is 1.36 bits per heavy atom. The molecule has 2 aromatic heterocycles. The van der Waals surface area contributed by atoms with Crippen molar-refractivity contribution in [3.05, 3.63) is 45.3 Å². The molecule has 0 amide bonds. The molecule has 0 saturated carbocycles. The molecule has 1 N–H and O–H groups in total. The quantitative estimate of drug-likeness (QED) is 0.754. The molecule has 25 heavy (non-hydrogen) atoms. The molecule has 1 fully saturated rings. The topological polar surface area (TPSA) is 62.9 Å². The summed E-state index contributed by atoms with van der Waals surface area (Å²) in [7, 11) is 0. The summed E-state index contributed by atoms with van der Waals surface area (Å²) in [5.74, 6) is 0.0802. The fourth-order valence-corrected chi connectivity index (χ4v) is 4.43. The van der Waals surface area contributed by atoms with Crippen molar-refractivity contribution in [2.75, 3.05) is 26.3 Å². The normalized spacial score (nSPS) is 17.2. The monoisotopic (exact) mass is 382 g/mol. The lowest BCUT2D eigenvalue weighted by Gasteiger charge is -2.34. The van der Waals surface area contributed by atoms with Crippen molar-refractivity contribution in [2.45, 2.75) is 13.0 Å². The highest BCUT2D eigenvalue weighted by Gasteiger charge is 2.32. The van der Waals surface area contributed by atoms with Gasteiger partial charge in [-0.3, -0.25) is 4.90 Å². The molecule has 3 heterocycles. The Morgan fingerprint density at radius 2 is 2.12 bits per heavy atom. The average Bonchev–Trinajstić information content (AvgIpc) is 3.11. The second kappa shape index (κ2) is 6.53. The van der Waals surface area contributed by atoms with Gasteiger partial charge in [0.2, 0.25) is 10.8 Å². The molecule has 1 saturated heterocycles. The zero-order chi connectivity index (χ0) is 17.6. The number of halogens is 2. The van der Waals surface area contributed by atoms with Crippen molar-refractivity contribution in [1.82, 2.24) is 19.5 Å². The van der Waals surface area contributed by atoms with Crippen LogP contribution in [-0.4, -0.2) is 50.9 Å². The number of hydrogen-bond acceptors (Lipinski definition) is 6. The van der Waals surface area contributed by atoms with Gasteiger partial charge in [0.25, 0.3) is 0 Å². The highest BCUT2D eigenvalue weighted by molar-refractivity contribution is 7.17. The SMILES string of the molecule is Cc1nc2sc(C(c3cccc(Cl)c3F)N3CCOCC3)c(O)n2n1. The molecule has 1 atom stereocenters. The Bertz CT molecular complexity index is 922. The molecular weight excluding hydrogens is 367 g/mol. The molecule has 0 bridgehead atoms. The molecule has 0 radical (unpaired) electrons. The van der Waals surface area contributed by atoms with Gasteiger partial charge in [-0.1, -0.05) is 35.1 Å². The molecule has 132 valence electrons. The molecule has 9 heteroatoms. The van der Waals surface area contributed by atoms with E-state index >= 15 is 0 Å². The lowest BCUT2D eigenvalue weighted by atomic mass is 10.0. The number of thiazole rings is 1. The van der Waals surface area contributed by atoms with Crippen molar-refractivity contribution in [1.29, 1.82) is 0 Å². The van der Waals surface area contributed by atoms with Crippen LogP contribution in [0.25, 0.3) is 4.96 Å². The fraction of sp³-hybridized carbons (Fsp3) is 0.375. The van der Waals surface area contributed by atoms with Crippen LogP contribution in [0.3, 0.4) is 0 Å². The number of hydrogen-bond donors (Lipinski definition) is 1. The van der Waals surface area contributed by atoms with Crippen LogP contribution in [0.15, 0.2) is 18.2 Å². The molecule has 0 aliphatic carbocycles. The van der Waals surface area contributed by atoms with Gasteiger partial charge in [0, 0.05) is 18.7 Å². The third-order valence-electron chi connectivity index (χ3n) is 4.24. The second-order valence-electron chi connectivity index (χ2n) is 5.84. The van der Waals surface area contributed by atoms with Crippen LogP contribution in [0.5, 0.6) is 5.88 Å². The first-order chi connectivity index (χ1) is 12.1. The van der Waals surface area contributed by atoms with E-state index in [1.165, 1.54) is 21.9 Å². The minimum Gasteiger partial charge on any atom is -0.492 e. The number of fused-ring (bicyclic) bond motifs is 1. The van der Waals surface area contributed by atoms with Crippen molar-refractivity contribution in [3.8, 4) is 5.88 Å². The van der Waals surface area contributed by atoms with E-state index in [4.69, 9.17) is 16.3 Å². The number of benzene rings is 1. The Balaban J connectivity index is 1.88. The first kappa shape index (κ1) is 16.7. The first-order valence-corrected chi connectivity index (χ1v) is 9.06. The number of aromatic nitrogens is 3. The van der Waals surface area contributed by atoms with Crippen LogP contribution >= 0.6 is 22.9 Å². The maximum absolute atomic E-state index is 14.8. The van der Waals surface area contributed by atoms with Crippen LogP contribution in [0.1, 0.15) is 22.3 Å². The summed E-state index contributed by atoms with van der Waals surface area (Å²) in [5.41, 5.74) is 0.422. The third-order valence-corrected chi connectivity index (χ3v) is 5.61. The van der Waals surface area contributed by atoms with E-state index in [0.717, 1.165) is 0 Å². The maximum atomic E-state index is 14.8. The Kier molecular flexibility index (Phi) is 4.36. The second-order valence-corrected chi connectivity index (χ2v) is 7.25. The van der Waals surface area contributed by atoms with Crippen LogP contribution in [-0.2, 0) is 4.74 Å². The highest BCUT2D eigenvalue weighted by Crippen LogP contribution is 2.41. The summed E-state index contributed by atoms with van der Waals surface area (Å²) in [5, 5.41) is 14.9. The zero-order valence-electron chi connectivity index (χ0n) is 13.4. The highest BCUT2D eigenvalue weighted by atomic mass is 35.5. The minimum absolute atomic E-state index is 0.0172.